The van der Waals surface area contributed by atoms with Crippen molar-refractivity contribution in [2.24, 2.45) is 0 Å². The zero-order valence-corrected chi connectivity index (χ0v) is 17.7. The van der Waals surface area contributed by atoms with Crippen LogP contribution in [0.5, 0.6) is 5.75 Å². The molecule has 2 heterocycles. The van der Waals surface area contributed by atoms with Crippen LogP contribution in [0.2, 0.25) is 0 Å². The third-order valence-corrected chi connectivity index (χ3v) is 6.57. The Labute approximate surface area is 179 Å². The summed E-state index contributed by atoms with van der Waals surface area (Å²) in [4.78, 5) is 22.0. The second-order valence-corrected chi connectivity index (χ2v) is 8.41. The maximum atomic E-state index is 13.0. The number of hydrogen-bond acceptors (Lipinski definition) is 5. The lowest BCUT2D eigenvalue weighted by atomic mass is 10.1. The number of carbonyl (C=O) groups excluding carboxylic acids is 1. The third kappa shape index (κ3) is 3.59. The Morgan fingerprint density at radius 2 is 1.80 bits per heavy atom. The molecule has 1 amide bonds. The number of anilines is 1. The minimum absolute atomic E-state index is 0.103. The first kappa shape index (κ1) is 18.9. The highest BCUT2D eigenvalue weighted by Crippen LogP contribution is 2.32. The SMILES string of the molecule is CCOc1ccc2nc(N3CCN(C(=O)c4ccc5ccccc5c4)CC3)sc2c1. The van der Waals surface area contributed by atoms with Crippen LogP contribution in [0, 0.1) is 0 Å². The van der Waals surface area contributed by atoms with Crippen molar-refractivity contribution >= 4 is 43.4 Å². The zero-order chi connectivity index (χ0) is 20.5. The molecule has 1 aliphatic heterocycles. The molecule has 0 aliphatic carbocycles. The van der Waals surface area contributed by atoms with Gasteiger partial charge in [-0.1, -0.05) is 41.7 Å². The van der Waals surface area contributed by atoms with Gasteiger partial charge in [-0.15, -0.1) is 0 Å². The summed E-state index contributed by atoms with van der Waals surface area (Å²) in [6.07, 6.45) is 0. The van der Waals surface area contributed by atoms with E-state index in [1.807, 2.05) is 60.4 Å². The average molecular weight is 418 g/mol. The average Bonchev–Trinajstić information content (AvgIpc) is 3.22. The van der Waals surface area contributed by atoms with Gasteiger partial charge in [0.2, 0.25) is 0 Å². The van der Waals surface area contributed by atoms with Gasteiger partial charge in [0, 0.05) is 31.7 Å². The van der Waals surface area contributed by atoms with Crippen LogP contribution in [-0.4, -0.2) is 48.6 Å². The topological polar surface area (TPSA) is 45.7 Å². The maximum Gasteiger partial charge on any atom is 0.253 e. The molecule has 1 aliphatic rings. The third-order valence-electron chi connectivity index (χ3n) is 5.49. The minimum atomic E-state index is 0.103. The predicted octanol–water partition coefficient (Wildman–Crippen LogP) is 4.81. The zero-order valence-electron chi connectivity index (χ0n) is 16.9. The monoisotopic (exact) mass is 417 g/mol. The van der Waals surface area contributed by atoms with Gasteiger partial charge in [0.25, 0.3) is 5.91 Å². The summed E-state index contributed by atoms with van der Waals surface area (Å²) in [5.74, 6) is 0.983. The number of ether oxygens (including phenoxy) is 1. The molecule has 0 radical (unpaired) electrons. The summed E-state index contributed by atoms with van der Waals surface area (Å²) in [5, 5.41) is 3.27. The molecular weight excluding hydrogens is 394 g/mol. The number of carbonyl (C=O) groups is 1. The van der Waals surface area contributed by atoms with E-state index in [0.717, 1.165) is 50.5 Å². The van der Waals surface area contributed by atoms with Crippen LogP contribution in [0.1, 0.15) is 17.3 Å². The fraction of sp³-hybridized carbons (Fsp3) is 0.250. The second-order valence-electron chi connectivity index (χ2n) is 7.40. The first-order valence-electron chi connectivity index (χ1n) is 10.3. The molecule has 152 valence electrons. The molecule has 1 fully saturated rings. The van der Waals surface area contributed by atoms with Crippen molar-refractivity contribution in [3.8, 4) is 5.75 Å². The lowest BCUT2D eigenvalue weighted by Crippen LogP contribution is -2.48. The summed E-state index contributed by atoms with van der Waals surface area (Å²) in [5.41, 5.74) is 1.75. The van der Waals surface area contributed by atoms with Crippen LogP contribution in [0.15, 0.2) is 60.7 Å². The minimum Gasteiger partial charge on any atom is -0.494 e. The molecule has 1 aromatic heterocycles. The standard InChI is InChI=1S/C24H23N3O2S/c1-2-29-20-9-10-21-22(16-20)30-24(25-21)27-13-11-26(12-14-27)23(28)19-8-7-17-5-3-4-6-18(17)15-19/h3-10,15-16H,2,11-14H2,1H3. The summed E-state index contributed by atoms with van der Waals surface area (Å²) >= 11 is 1.68. The Kier molecular flexibility index (Phi) is 5.01. The molecule has 6 heteroatoms. The summed E-state index contributed by atoms with van der Waals surface area (Å²) in [7, 11) is 0. The van der Waals surface area contributed by atoms with Crippen LogP contribution in [0.25, 0.3) is 21.0 Å². The molecule has 1 saturated heterocycles. The molecule has 0 spiro atoms. The van der Waals surface area contributed by atoms with E-state index in [-0.39, 0.29) is 5.91 Å². The van der Waals surface area contributed by atoms with Crippen LogP contribution in [0.3, 0.4) is 0 Å². The number of rotatable bonds is 4. The van der Waals surface area contributed by atoms with E-state index in [0.29, 0.717) is 19.7 Å². The molecule has 0 bridgehead atoms. The Bertz CT molecular complexity index is 1210. The molecule has 5 nitrogen and oxygen atoms in total. The summed E-state index contributed by atoms with van der Waals surface area (Å²) in [6.45, 7) is 5.62. The molecule has 0 N–H and O–H groups in total. The van der Waals surface area contributed by atoms with Gasteiger partial charge in [-0.05, 0) is 48.0 Å². The van der Waals surface area contributed by atoms with Gasteiger partial charge in [-0.2, -0.15) is 0 Å². The second kappa shape index (κ2) is 7.95. The van der Waals surface area contributed by atoms with Gasteiger partial charge in [-0.25, -0.2) is 4.98 Å². The van der Waals surface area contributed by atoms with Crippen molar-refractivity contribution in [1.29, 1.82) is 0 Å². The highest BCUT2D eigenvalue weighted by molar-refractivity contribution is 7.22. The van der Waals surface area contributed by atoms with E-state index in [1.54, 1.807) is 11.3 Å². The Morgan fingerprint density at radius 1 is 1.00 bits per heavy atom. The number of fused-ring (bicyclic) bond motifs is 2. The molecule has 3 aromatic carbocycles. The number of piperazine rings is 1. The van der Waals surface area contributed by atoms with E-state index in [2.05, 4.69) is 17.0 Å². The maximum absolute atomic E-state index is 13.0. The molecule has 0 atom stereocenters. The van der Waals surface area contributed by atoms with Gasteiger partial charge in [0.1, 0.15) is 5.75 Å². The van der Waals surface area contributed by atoms with Crippen molar-refractivity contribution in [2.75, 3.05) is 37.7 Å². The molecule has 5 rings (SSSR count). The predicted molar refractivity (Wildman–Crippen MR) is 123 cm³/mol. The van der Waals surface area contributed by atoms with E-state index < -0.39 is 0 Å². The molecule has 30 heavy (non-hydrogen) atoms. The number of benzene rings is 3. The fourth-order valence-electron chi connectivity index (χ4n) is 3.89. The Balaban J connectivity index is 1.28. The number of hydrogen-bond donors (Lipinski definition) is 0. The normalized spacial score (nSPS) is 14.4. The summed E-state index contributed by atoms with van der Waals surface area (Å²) < 4.78 is 6.73. The number of aromatic nitrogens is 1. The quantitative estimate of drug-likeness (QED) is 0.478. The number of nitrogens with zero attached hydrogens (tertiary/aromatic N) is 3. The van der Waals surface area contributed by atoms with E-state index in [1.165, 1.54) is 0 Å². The Morgan fingerprint density at radius 3 is 2.60 bits per heavy atom. The summed E-state index contributed by atoms with van der Waals surface area (Å²) in [6, 6.07) is 20.1. The Hall–Kier alpha value is -3.12. The molecular formula is C24H23N3O2S. The smallest absolute Gasteiger partial charge is 0.253 e. The lowest BCUT2D eigenvalue weighted by Gasteiger charge is -2.34. The van der Waals surface area contributed by atoms with Crippen molar-refractivity contribution in [3.63, 3.8) is 0 Å². The van der Waals surface area contributed by atoms with E-state index >= 15 is 0 Å². The molecule has 0 saturated carbocycles. The van der Waals surface area contributed by atoms with Gasteiger partial charge >= 0.3 is 0 Å². The first-order valence-corrected chi connectivity index (χ1v) is 11.1. The molecule has 0 unspecified atom stereocenters. The lowest BCUT2D eigenvalue weighted by molar-refractivity contribution is 0.0747. The van der Waals surface area contributed by atoms with Crippen molar-refractivity contribution in [2.45, 2.75) is 6.92 Å². The highest BCUT2D eigenvalue weighted by atomic mass is 32.1. The van der Waals surface area contributed by atoms with Crippen LogP contribution < -0.4 is 9.64 Å². The first-order chi connectivity index (χ1) is 14.7. The van der Waals surface area contributed by atoms with E-state index in [9.17, 15) is 4.79 Å². The van der Waals surface area contributed by atoms with Crippen molar-refractivity contribution in [1.82, 2.24) is 9.88 Å². The van der Waals surface area contributed by atoms with Crippen molar-refractivity contribution < 1.29 is 9.53 Å². The number of thiazole rings is 1. The largest absolute Gasteiger partial charge is 0.494 e. The van der Waals surface area contributed by atoms with Crippen LogP contribution >= 0.6 is 11.3 Å². The van der Waals surface area contributed by atoms with Gasteiger partial charge in [0.05, 0.1) is 16.8 Å². The van der Waals surface area contributed by atoms with Crippen LogP contribution in [-0.2, 0) is 0 Å². The fourth-order valence-corrected chi connectivity index (χ4v) is 4.94. The highest BCUT2D eigenvalue weighted by Gasteiger charge is 2.24. The number of amides is 1. The molecule has 4 aromatic rings. The van der Waals surface area contributed by atoms with Gasteiger partial charge < -0.3 is 14.5 Å². The van der Waals surface area contributed by atoms with Crippen LogP contribution in [0.4, 0.5) is 5.13 Å². The van der Waals surface area contributed by atoms with Gasteiger partial charge in [-0.3, -0.25) is 4.79 Å². The van der Waals surface area contributed by atoms with E-state index in [4.69, 9.17) is 9.72 Å². The van der Waals surface area contributed by atoms with Gasteiger partial charge in [0.15, 0.2) is 5.13 Å². The van der Waals surface area contributed by atoms with Crippen molar-refractivity contribution in [3.05, 3.63) is 66.2 Å².